The van der Waals surface area contributed by atoms with E-state index in [0.717, 1.165) is 62.5 Å². The largest absolute Gasteiger partial charge is 0.333 e. The summed E-state index contributed by atoms with van der Waals surface area (Å²) < 4.78 is 4.16. The SMILES string of the molecule is CCn1ccnc1C1CCCCN1C(=O)CCCn1nc(C)cc1C. The summed E-state index contributed by atoms with van der Waals surface area (Å²) >= 11 is 0. The summed E-state index contributed by atoms with van der Waals surface area (Å²) in [5.41, 5.74) is 2.19. The minimum absolute atomic E-state index is 0.130. The average molecular weight is 343 g/mol. The molecule has 2 aromatic rings. The van der Waals surface area contributed by atoms with Crippen molar-refractivity contribution < 1.29 is 4.79 Å². The topological polar surface area (TPSA) is 56.0 Å². The summed E-state index contributed by atoms with van der Waals surface area (Å²) in [4.78, 5) is 19.4. The molecule has 6 heteroatoms. The van der Waals surface area contributed by atoms with Crippen molar-refractivity contribution in [1.82, 2.24) is 24.2 Å². The van der Waals surface area contributed by atoms with Crippen molar-refractivity contribution in [3.63, 3.8) is 0 Å². The Morgan fingerprint density at radius 1 is 1.32 bits per heavy atom. The summed E-state index contributed by atoms with van der Waals surface area (Å²) in [6.07, 6.45) is 8.52. The number of hydrogen-bond donors (Lipinski definition) is 0. The van der Waals surface area contributed by atoms with Crippen molar-refractivity contribution >= 4 is 5.91 Å². The molecule has 1 saturated heterocycles. The van der Waals surface area contributed by atoms with Gasteiger partial charge in [0.2, 0.25) is 5.91 Å². The lowest BCUT2D eigenvalue weighted by molar-refractivity contribution is -0.135. The molecule has 0 aromatic carbocycles. The first-order valence-electron chi connectivity index (χ1n) is 9.41. The van der Waals surface area contributed by atoms with Crippen molar-refractivity contribution in [3.8, 4) is 0 Å². The second-order valence-electron chi connectivity index (χ2n) is 6.92. The average Bonchev–Trinajstić information content (AvgIpc) is 3.20. The highest BCUT2D eigenvalue weighted by molar-refractivity contribution is 5.76. The second-order valence-corrected chi connectivity index (χ2v) is 6.92. The lowest BCUT2D eigenvalue weighted by atomic mass is 10.0. The van der Waals surface area contributed by atoms with E-state index in [1.54, 1.807) is 0 Å². The second kappa shape index (κ2) is 7.85. The molecule has 1 aliphatic rings. The highest BCUT2D eigenvalue weighted by Gasteiger charge is 2.30. The van der Waals surface area contributed by atoms with Crippen molar-refractivity contribution in [1.29, 1.82) is 0 Å². The third-order valence-corrected chi connectivity index (χ3v) is 5.07. The first kappa shape index (κ1) is 17.7. The Hall–Kier alpha value is -2.11. The number of imidazole rings is 1. The van der Waals surface area contributed by atoms with Crippen LogP contribution in [0, 0.1) is 13.8 Å². The fourth-order valence-corrected chi connectivity index (χ4v) is 3.81. The summed E-state index contributed by atoms with van der Waals surface area (Å²) in [6.45, 7) is 8.73. The standard InChI is InChI=1S/C19H29N5O/c1-4-22-13-10-20-19(22)17-8-5-6-11-23(17)18(25)9-7-12-24-16(3)14-15(2)21-24/h10,13-14,17H,4-9,11-12H2,1-3H3. The van der Waals surface area contributed by atoms with E-state index in [4.69, 9.17) is 0 Å². The number of likely N-dealkylation sites (tertiary alicyclic amines) is 1. The van der Waals surface area contributed by atoms with Crippen LogP contribution in [0.1, 0.15) is 62.3 Å². The number of aryl methyl sites for hydroxylation is 4. The molecule has 25 heavy (non-hydrogen) atoms. The van der Waals surface area contributed by atoms with Gasteiger partial charge in [0.25, 0.3) is 0 Å². The predicted molar refractivity (Wildman–Crippen MR) is 97.1 cm³/mol. The van der Waals surface area contributed by atoms with Crippen LogP contribution < -0.4 is 0 Å². The van der Waals surface area contributed by atoms with Crippen LogP contribution in [0.25, 0.3) is 0 Å². The number of aromatic nitrogens is 4. The fraction of sp³-hybridized carbons (Fsp3) is 0.632. The van der Waals surface area contributed by atoms with Gasteiger partial charge in [-0.15, -0.1) is 0 Å². The molecule has 0 saturated carbocycles. The van der Waals surface area contributed by atoms with Crippen LogP contribution in [-0.2, 0) is 17.9 Å². The lowest BCUT2D eigenvalue weighted by Crippen LogP contribution is -2.39. The fourth-order valence-electron chi connectivity index (χ4n) is 3.81. The highest BCUT2D eigenvalue weighted by Crippen LogP contribution is 2.30. The Labute approximate surface area is 149 Å². The normalized spacial score (nSPS) is 17.9. The quantitative estimate of drug-likeness (QED) is 0.809. The van der Waals surface area contributed by atoms with Crippen molar-refractivity contribution in [2.75, 3.05) is 6.54 Å². The number of carbonyl (C=O) groups excluding carboxylic acids is 1. The number of amides is 1. The van der Waals surface area contributed by atoms with E-state index in [9.17, 15) is 4.79 Å². The summed E-state index contributed by atoms with van der Waals surface area (Å²) in [5, 5.41) is 4.48. The van der Waals surface area contributed by atoms with E-state index in [1.807, 2.05) is 24.0 Å². The molecule has 3 heterocycles. The molecule has 0 aliphatic carbocycles. The van der Waals surface area contributed by atoms with Crippen molar-refractivity contribution in [2.24, 2.45) is 0 Å². The van der Waals surface area contributed by atoms with Gasteiger partial charge in [0.15, 0.2) is 0 Å². The molecule has 6 nitrogen and oxygen atoms in total. The zero-order chi connectivity index (χ0) is 17.8. The van der Waals surface area contributed by atoms with E-state index in [1.165, 1.54) is 0 Å². The first-order chi connectivity index (χ1) is 12.1. The van der Waals surface area contributed by atoms with Gasteiger partial charge < -0.3 is 9.47 Å². The van der Waals surface area contributed by atoms with Crippen LogP contribution in [0.5, 0.6) is 0 Å². The van der Waals surface area contributed by atoms with Crippen molar-refractivity contribution in [3.05, 3.63) is 35.7 Å². The van der Waals surface area contributed by atoms with Gasteiger partial charge in [0.1, 0.15) is 5.82 Å². The monoisotopic (exact) mass is 343 g/mol. The maximum absolute atomic E-state index is 12.8. The lowest BCUT2D eigenvalue weighted by Gasteiger charge is -2.35. The van der Waals surface area contributed by atoms with Crippen LogP contribution in [0.3, 0.4) is 0 Å². The van der Waals surface area contributed by atoms with Crippen LogP contribution in [0.2, 0.25) is 0 Å². The summed E-state index contributed by atoms with van der Waals surface area (Å²) in [6, 6.07) is 2.21. The van der Waals surface area contributed by atoms with Gasteiger partial charge in [-0.3, -0.25) is 9.48 Å². The Morgan fingerprint density at radius 2 is 2.16 bits per heavy atom. The molecule has 1 amide bonds. The van der Waals surface area contributed by atoms with Gasteiger partial charge in [0, 0.05) is 44.1 Å². The molecule has 1 fully saturated rings. The van der Waals surface area contributed by atoms with Gasteiger partial charge in [-0.25, -0.2) is 4.98 Å². The smallest absolute Gasteiger partial charge is 0.223 e. The number of piperidine rings is 1. The third kappa shape index (κ3) is 3.94. The molecular formula is C19H29N5O. The molecule has 3 rings (SSSR count). The number of hydrogen-bond acceptors (Lipinski definition) is 3. The Bertz CT molecular complexity index is 717. The minimum Gasteiger partial charge on any atom is -0.333 e. The zero-order valence-corrected chi connectivity index (χ0v) is 15.6. The summed E-state index contributed by atoms with van der Waals surface area (Å²) in [7, 11) is 0. The Balaban J connectivity index is 1.62. The van der Waals surface area contributed by atoms with Crippen LogP contribution >= 0.6 is 0 Å². The van der Waals surface area contributed by atoms with Gasteiger partial charge in [0.05, 0.1) is 11.7 Å². The number of nitrogens with zero attached hydrogens (tertiary/aromatic N) is 5. The summed E-state index contributed by atoms with van der Waals surface area (Å²) in [5.74, 6) is 1.28. The van der Waals surface area contributed by atoms with E-state index in [0.29, 0.717) is 6.42 Å². The third-order valence-electron chi connectivity index (χ3n) is 5.07. The molecule has 0 spiro atoms. The molecule has 0 bridgehead atoms. The van der Waals surface area contributed by atoms with E-state index >= 15 is 0 Å². The van der Waals surface area contributed by atoms with Gasteiger partial charge in [-0.05, 0) is 52.5 Å². The van der Waals surface area contributed by atoms with Gasteiger partial charge in [-0.1, -0.05) is 0 Å². The van der Waals surface area contributed by atoms with Crippen LogP contribution in [-0.4, -0.2) is 36.7 Å². The maximum Gasteiger partial charge on any atom is 0.223 e. The van der Waals surface area contributed by atoms with E-state index in [2.05, 4.69) is 39.5 Å². The Kier molecular flexibility index (Phi) is 5.56. The first-order valence-corrected chi connectivity index (χ1v) is 9.41. The molecule has 0 N–H and O–H groups in total. The molecule has 1 atom stereocenters. The molecule has 0 radical (unpaired) electrons. The van der Waals surface area contributed by atoms with Crippen LogP contribution in [0.15, 0.2) is 18.5 Å². The van der Waals surface area contributed by atoms with Crippen molar-refractivity contribution in [2.45, 2.75) is 72.0 Å². The number of carbonyl (C=O) groups is 1. The zero-order valence-electron chi connectivity index (χ0n) is 15.6. The molecule has 136 valence electrons. The van der Waals surface area contributed by atoms with E-state index < -0.39 is 0 Å². The van der Waals surface area contributed by atoms with E-state index in [-0.39, 0.29) is 11.9 Å². The highest BCUT2D eigenvalue weighted by atomic mass is 16.2. The van der Waals surface area contributed by atoms with Crippen LogP contribution in [0.4, 0.5) is 0 Å². The molecule has 1 unspecified atom stereocenters. The molecule has 1 aliphatic heterocycles. The van der Waals surface area contributed by atoms with Gasteiger partial charge in [-0.2, -0.15) is 5.10 Å². The molecular weight excluding hydrogens is 314 g/mol. The molecule has 2 aromatic heterocycles. The van der Waals surface area contributed by atoms with Gasteiger partial charge >= 0.3 is 0 Å². The predicted octanol–water partition coefficient (Wildman–Crippen LogP) is 3.25. The minimum atomic E-state index is 0.130. The Morgan fingerprint density at radius 3 is 2.88 bits per heavy atom. The maximum atomic E-state index is 12.8. The number of rotatable bonds is 6.